The molecule has 0 bridgehead atoms. The van der Waals surface area contributed by atoms with Crippen molar-refractivity contribution in [1.29, 1.82) is 0 Å². The fourth-order valence-electron chi connectivity index (χ4n) is 9.20. The Morgan fingerprint density at radius 3 is 2.18 bits per heavy atom. The van der Waals surface area contributed by atoms with E-state index in [1.165, 1.54) is 5.70 Å². The lowest BCUT2D eigenvalue weighted by molar-refractivity contribution is -0.139. The molecule has 6 rings (SSSR count). The van der Waals surface area contributed by atoms with E-state index in [4.69, 9.17) is 0 Å². The number of carbonyl (C=O) groups excluding carboxylic acids is 2. The summed E-state index contributed by atoms with van der Waals surface area (Å²) in [6, 6.07) is 20.8. The van der Waals surface area contributed by atoms with Crippen molar-refractivity contribution in [3.8, 4) is 0 Å². The number of hydrogen-bond acceptors (Lipinski definition) is 2. The Hall–Kier alpha value is -2.88. The van der Waals surface area contributed by atoms with Crippen LogP contribution in [0.25, 0.3) is 0 Å². The van der Waals surface area contributed by atoms with Gasteiger partial charge < -0.3 is 10.2 Å². The largest absolute Gasteiger partial charge is 0.342 e. The first-order valence-corrected chi connectivity index (χ1v) is 14.6. The smallest absolute Gasteiger partial charge is 0.226 e. The quantitative estimate of drug-likeness (QED) is 0.499. The predicted octanol–water partition coefficient (Wildman–Crippen LogP) is 6.67. The maximum atomic E-state index is 14.2. The van der Waals surface area contributed by atoms with Crippen LogP contribution in [0.5, 0.6) is 0 Å². The van der Waals surface area contributed by atoms with Gasteiger partial charge in [-0.25, -0.2) is 0 Å². The monoisotopic (exact) mass is 510 g/mol. The third-order valence-corrected chi connectivity index (χ3v) is 11.4. The van der Waals surface area contributed by atoms with E-state index >= 15 is 0 Å². The Balaban J connectivity index is 1.28. The van der Waals surface area contributed by atoms with Gasteiger partial charge >= 0.3 is 0 Å². The number of benzene rings is 2. The van der Waals surface area contributed by atoms with Crippen LogP contribution in [0.15, 0.2) is 72.4 Å². The molecular formula is C34H42N2O2. The number of nitrogens with one attached hydrogen (secondary N) is 1. The number of fused-ring (bicyclic) bond motifs is 5. The van der Waals surface area contributed by atoms with E-state index in [9.17, 15) is 9.59 Å². The minimum absolute atomic E-state index is 0.0115. The molecule has 3 aliphatic carbocycles. The number of carbonyl (C=O) groups is 2. The number of nitrogens with zero attached hydrogens (tertiary/aromatic N) is 1. The summed E-state index contributed by atoms with van der Waals surface area (Å²) in [7, 11) is 1.96. The van der Waals surface area contributed by atoms with E-state index in [1.807, 2.05) is 24.1 Å². The molecule has 0 radical (unpaired) electrons. The van der Waals surface area contributed by atoms with E-state index in [1.54, 1.807) is 0 Å². The van der Waals surface area contributed by atoms with Crippen molar-refractivity contribution in [3.63, 3.8) is 0 Å². The molecule has 0 spiro atoms. The van der Waals surface area contributed by atoms with Crippen LogP contribution in [-0.4, -0.2) is 23.8 Å². The first kappa shape index (κ1) is 25.4. The zero-order chi connectivity index (χ0) is 26.7. The Bertz CT molecular complexity index is 1210. The van der Waals surface area contributed by atoms with Gasteiger partial charge in [-0.15, -0.1) is 0 Å². The van der Waals surface area contributed by atoms with Gasteiger partial charge in [0.1, 0.15) is 0 Å². The van der Waals surface area contributed by atoms with Crippen molar-refractivity contribution in [1.82, 2.24) is 10.2 Å². The average molecular weight is 511 g/mol. The molecule has 2 aromatic carbocycles. The Labute approximate surface area is 227 Å². The van der Waals surface area contributed by atoms with Gasteiger partial charge in [-0.2, -0.15) is 0 Å². The number of hydrogen-bond donors (Lipinski definition) is 1. The SMILES string of the molecule is CN1C(=O)CC[C@@]2(C)C1=CC[C@@H]1[C@H]2CC[C@]2(C)C(C(=O)NC(C)(c3ccccc3)c3ccccc3)CC[C@@H]12. The zero-order valence-electron chi connectivity index (χ0n) is 23.4. The summed E-state index contributed by atoms with van der Waals surface area (Å²) in [5.41, 5.74) is 2.98. The summed E-state index contributed by atoms with van der Waals surface area (Å²) in [6.45, 7) is 6.97. The second-order valence-corrected chi connectivity index (χ2v) is 13.1. The minimum Gasteiger partial charge on any atom is -0.342 e. The van der Waals surface area contributed by atoms with Gasteiger partial charge in [0.05, 0.1) is 5.54 Å². The number of piperidine rings is 1. The lowest BCUT2D eigenvalue weighted by atomic mass is 9.49. The topological polar surface area (TPSA) is 49.4 Å². The standard InChI is InChI=1S/C34H42N2O2/c1-32-21-19-27-25(15-18-29-33(27,2)22-20-30(37)36(29)4)26(32)16-17-28(32)31(38)35-34(3,23-11-7-5-8-12-23)24-13-9-6-10-14-24/h5-14,18,25-28H,15-17,19-22H2,1-4H3,(H,35,38)/t25-,26-,27+,28?,32-,33+/m0/s1. The van der Waals surface area contributed by atoms with E-state index < -0.39 is 5.54 Å². The third kappa shape index (κ3) is 3.70. The molecular weight excluding hydrogens is 468 g/mol. The zero-order valence-corrected chi connectivity index (χ0v) is 23.4. The highest BCUT2D eigenvalue weighted by atomic mass is 16.2. The first-order chi connectivity index (χ1) is 18.2. The van der Waals surface area contributed by atoms with Gasteiger partial charge in [0.15, 0.2) is 0 Å². The van der Waals surface area contributed by atoms with Crippen LogP contribution in [0, 0.1) is 34.5 Å². The van der Waals surface area contributed by atoms with Crippen molar-refractivity contribution in [3.05, 3.63) is 83.6 Å². The van der Waals surface area contributed by atoms with Gasteiger partial charge in [0.2, 0.25) is 11.8 Å². The van der Waals surface area contributed by atoms with Gasteiger partial charge in [0, 0.05) is 30.5 Å². The van der Waals surface area contributed by atoms with E-state index in [-0.39, 0.29) is 28.6 Å². The molecule has 4 aliphatic rings. The fraction of sp³-hybridized carbons (Fsp3) is 0.529. The highest BCUT2D eigenvalue weighted by Crippen LogP contribution is 2.66. The number of likely N-dealkylation sites (tertiary alicyclic amines) is 1. The summed E-state index contributed by atoms with van der Waals surface area (Å²) >= 11 is 0. The van der Waals surface area contributed by atoms with Gasteiger partial charge in [-0.1, -0.05) is 80.6 Å². The van der Waals surface area contributed by atoms with Gasteiger partial charge in [0.25, 0.3) is 0 Å². The molecule has 1 unspecified atom stereocenters. The van der Waals surface area contributed by atoms with Crippen LogP contribution >= 0.6 is 0 Å². The highest BCUT2D eigenvalue weighted by molar-refractivity contribution is 5.82. The van der Waals surface area contributed by atoms with Crippen LogP contribution in [0.4, 0.5) is 0 Å². The number of allylic oxidation sites excluding steroid dienone is 2. The molecule has 2 amide bonds. The van der Waals surface area contributed by atoms with Gasteiger partial charge in [-0.05, 0) is 79.7 Å². The molecule has 4 heteroatoms. The van der Waals surface area contributed by atoms with E-state index in [0.717, 1.165) is 49.7 Å². The van der Waals surface area contributed by atoms with Crippen molar-refractivity contribution >= 4 is 11.8 Å². The molecule has 1 heterocycles. The molecule has 1 saturated heterocycles. The van der Waals surface area contributed by atoms with Crippen molar-refractivity contribution in [2.45, 2.75) is 71.3 Å². The van der Waals surface area contributed by atoms with Gasteiger partial charge in [-0.3, -0.25) is 9.59 Å². The molecule has 2 saturated carbocycles. The van der Waals surface area contributed by atoms with Crippen molar-refractivity contribution < 1.29 is 9.59 Å². The second kappa shape index (κ2) is 9.10. The molecule has 38 heavy (non-hydrogen) atoms. The summed E-state index contributed by atoms with van der Waals surface area (Å²) in [5, 5.41) is 3.57. The fourth-order valence-corrected chi connectivity index (χ4v) is 9.20. The van der Waals surface area contributed by atoms with Crippen LogP contribution in [0.3, 0.4) is 0 Å². The van der Waals surface area contributed by atoms with Crippen LogP contribution in [-0.2, 0) is 15.1 Å². The third-order valence-electron chi connectivity index (χ3n) is 11.4. The molecule has 1 aliphatic heterocycles. The Morgan fingerprint density at radius 1 is 0.921 bits per heavy atom. The highest BCUT2D eigenvalue weighted by Gasteiger charge is 2.60. The molecule has 2 aromatic rings. The lowest BCUT2D eigenvalue weighted by Gasteiger charge is -2.58. The second-order valence-electron chi connectivity index (χ2n) is 13.1. The summed E-state index contributed by atoms with van der Waals surface area (Å²) in [4.78, 5) is 28.6. The maximum absolute atomic E-state index is 14.2. The van der Waals surface area contributed by atoms with Crippen LogP contribution in [0.2, 0.25) is 0 Å². The Morgan fingerprint density at radius 2 is 1.55 bits per heavy atom. The molecule has 200 valence electrons. The molecule has 4 nitrogen and oxygen atoms in total. The van der Waals surface area contributed by atoms with Crippen LogP contribution < -0.4 is 5.32 Å². The average Bonchev–Trinajstić information content (AvgIpc) is 3.29. The van der Waals surface area contributed by atoms with E-state index in [2.05, 4.69) is 80.7 Å². The van der Waals surface area contributed by atoms with Crippen LogP contribution in [0.1, 0.15) is 76.8 Å². The van der Waals surface area contributed by atoms with E-state index in [0.29, 0.717) is 24.2 Å². The summed E-state index contributed by atoms with van der Waals surface area (Å²) < 4.78 is 0. The summed E-state index contributed by atoms with van der Waals surface area (Å²) in [5.74, 6) is 2.21. The lowest BCUT2D eigenvalue weighted by Crippen LogP contribution is -2.55. The predicted molar refractivity (Wildman–Crippen MR) is 151 cm³/mol. The summed E-state index contributed by atoms with van der Waals surface area (Å²) in [6.07, 6.45) is 9.34. The number of amides is 2. The van der Waals surface area contributed by atoms with Crippen molar-refractivity contribution in [2.75, 3.05) is 7.05 Å². The molecule has 1 N–H and O–H groups in total. The first-order valence-electron chi connectivity index (χ1n) is 14.6. The molecule has 0 aromatic heterocycles. The minimum atomic E-state index is -0.583. The molecule has 6 atom stereocenters. The maximum Gasteiger partial charge on any atom is 0.226 e. The molecule has 3 fully saturated rings. The van der Waals surface area contributed by atoms with Crippen molar-refractivity contribution in [2.24, 2.45) is 34.5 Å². The number of rotatable bonds is 4. The Kier molecular flexibility index (Phi) is 6.09. The normalized spacial score (nSPS) is 34.6.